The van der Waals surface area contributed by atoms with E-state index >= 15 is 0 Å². The zero-order chi connectivity index (χ0) is 24.3. The zero-order valence-electron chi connectivity index (χ0n) is 20.4. The molecule has 4 fully saturated rings. The number of hydrogen-bond acceptors (Lipinski definition) is 6. The Morgan fingerprint density at radius 2 is 1.67 bits per heavy atom. The molecule has 4 saturated carbocycles. The van der Waals surface area contributed by atoms with Gasteiger partial charge in [-0.15, -0.1) is 0 Å². The lowest BCUT2D eigenvalue weighted by Gasteiger charge is -2.64. The van der Waals surface area contributed by atoms with Gasteiger partial charge in [0.1, 0.15) is 0 Å². The van der Waals surface area contributed by atoms with E-state index < -0.39 is 16.4 Å². The molecule has 0 amide bonds. The largest absolute Gasteiger partial charge is 0.448 e. The van der Waals surface area contributed by atoms with Crippen molar-refractivity contribution >= 4 is 16.4 Å². The summed E-state index contributed by atoms with van der Waals surface area (Å²) in [6, 6.07) is 0. The van der Waals surface area contributed by atoms with Gasteiger partial charge >= 0.3 is 16.4 Å². The van der Waals surface area contributed by atoms with Crippen LogP contribution in [0.2, 0.25) is 0 Å². The number of carbonyl (C=O) groups excluding carboxylic acids is 1. The molecule has 4 aliphatic rings. The van der Waals surface area contributed by atoms with Crippen LogP contribution in [-0.2, 0) is 19.4 Å². The van der Waals surface area contributed by atoms with Crippen molar-refractivity contribution in [2.45, 2.75) is 97.7 Å². The van der Waals surface area contributed by atoms with Crippen LogP contribution >= 0.6 is 0 Å². The minimum atomic E-state index is -4.79. The summed E-state index contributed by atoms with van der Waals surface area (Å²) in [5, 5.41) is 22.1. The first kappa shape index (κ1) is 25.4. The van der Waals surface area contributed by atoms with Gasteiger partial charge in [-0.1, -0.05) is 34.1 Å². The van der Waals surface area contributed by atoms with Crippen LogP contribution in [0.25, 0.3) is 0 Å². The fourth-order valence-electron chi connectivity index (χ4n) is 9.49. The van der Waals surface area contributed by atoms with Gasteiger partial charge in [0, 0.05) is 6.42 Å². The summed E-state index contributed by atoms with van der Waals surface area (Å²) in [6.07, 6.45) is 6.97. The molecule has 0 aromatic heterocycles. The molecule has 33 heavy (non-hydrogen) atoms. The molecule has 4 aliphatic carbocycles. The number of aliphatic hydroxyl groups excluding tert-OH is 2. The summed E-state index contributed by atoms with van der Waals surface area (Å²) in [6.45, 7) is 8.86. The third-order valence-electron chi connectivity index (χ3n) is 10.8. The Balaban J connectivity index is 1.58. The molecule has 0 aromatic rings. The molecule has 0 aromatic carbocycles. The predicted octanol–water partition coefficient (Wildman–Crippen LogP) is 3.99. The van der Waals surface area contributed by atoms with E-state index in [1.807, 2.05) is 6.92 Å². The van der Waals surface area contributed by atoms with Gasteiger partial charge in [0.15, 0.2) is 0 Å². The second-order valence-electron chi connectivity index (χ2n) is 12.2. The fourth-order valence-corrected chi connectivity index (χ4v) is 9.79. The molecule has 3 N–H and O–H groups in total. The number of fused-ring (bicyclic) bond motifs is 5. The molecule has 0 unspecified atom stereocenters. The third kappa shape index (κ3) is 4.27. The third-order valence-corrected chi connectivity index (χ3v) is 11.2. The Bertz CT molecular complexity index is 859. The highest BCUT2D eigenvalue weighted by atomic mass is 32.3. The Morgan fingerprint density at radius 3 is 2.30 bits per heavy atom. The van der Waals surface area contributed by atoms with Gasteiger partial charge in [0.25, 0.3) is 0 Å². The zero-order valence-corrected chi connectivity index (χ0v) is 21.3. The first-order valence-corrected chi connectivity index (χ1v) is 14.2. The lowest BCUT2D eigenvalue weighted by atomic mass is 9.41. The molecule has 0 saturated heterocycles. The van der Waals surface area contributed by atoms with Crippen LogP contribution in [-0.4, -0.2) is 41.4 Å². The number of rotatable bonds is 5. The van der Waals surface area contributed by atoms with Crippen LogP contribution in [0.4, 0.5) is 0 Å². The molecule has 0 aliphatic heterocycles. The second kappa shape index (κ2) is 8.75. The molecule has 0 bridgehead atoms. The highest BCUT2D eigenvalue weighted by Crippen LogP contribution is 2.69. The standard InChI is InChI=1S/C25H42O7S/c1-5-16-20-13-15(26)8-10-25(20,4)19-9-11-24(3)17(6-7-18(24)22(19)23(16)28)14(2)12-21(27)32-33(29,30)31/h14-20,22-23,26,28H,5-13H2,1-4H3,(H,29,30,31)/t14-,15+,16-,17-,18+,19+,20+,22+,23-,24-,25-/m1/s1. The van der Waals surface area contributed by atoms with Crippen molar-refractivity contribution < 1.29 is 32.2 Å². The summed E-state index contributed by atoms with van der Waals surface area (Å²) in [7, 11) is -4.79. The SMILES string of the molecule is CC[C@H]1[C@@H](O)[C@@H]2[C@H](CC[C@]3(C)[C@@H]([C@H](C)CC(=O)OS(=O)(=O)O)CC[C@@H]23)[C@@]2(C)CC[C@H](O)C[C@@H]12. The van der Waals surface area contributed by atoms with Crippen molar-refractivity contribution in [3.8, 4) is 0 Å². The molecular formula is C25H42O7S. The predicted molar refractivity (Wildman–Crippen MR) is 123 cm³/mol. The Hall–Kier alpha value is -0.700. The van der Waals surface area contributed by atoms with Crippen LogP contribution in [0.3, 0.4) is 0 Å². The van der Waals surface area contributed by atoms with E-state index in [1.54, 1.807) is 0 Å². The van der Waals surface area contributed by atoms with Gasteiger partial charge < -0.3 is 14.4 Å². The molecule has 4 rings (SSSR count). The normalized spacial score (nSPS) is 48.3. The Labute approximate surface area is 198 Å². The van der Waals surface area contributed by atoms with Crippen LogP contribution in [0.1, 0.15) is 85.5 Å². The van der Waals surface area contributed by atoms with Crippen molar-refractivity contribution in [1.82, 2.24) is 0 Å². The first-order valence-electron chi connectivity index (χ1n) is 12.9. The van der Waals surface area contributed by atoms with E-state index in [2.05, 4.69) is 25.0 Å². The summed E-state index contributed by atoms with van der Waals surface area (Å²) >= 11 is 0. The highest BCUT2D eigenvalue weighted by molar-refractivity contribution is 7.81. The van der Waals surface area contributed by atoms with Crippen LogP contribution in [0.5, 0.6) is 0 Å². The van der Waals surface area contributed by atoms with E-state index in [0.717, 1.165) is 51.4 Å². The smallest absolute Gasteiger partial charge is 0.393 e. The molecule has 0 heterocycles. The van der Waals surface area contributed by atoms with Gasteiger partial charge in [0.05, 0.1) is 12.2 Å². The van der Waals surface area contributed by atoms with E-state index in [-0.39, 0.29) is 53.1 Å². The van der Waals surface area contributed by atoms with Crippen LogP contribution in [0.15, 0.2) is 0 Å². The van der Waals surface area contributed by atoms with Crippen molar-refractivity contribution in [2.75, 3.05) is 0 Å². The van der Waals surface area contributed by atoms with Crippen LogP contribution in [0, 0.1) is 52.3 Å². The average molecular weight is 487 g/mol. The quantitative estimate of drug-likeness (QED) is 0.503. The number of carbonyl (C=O) groups is 1. The average Bonchev–Trinajstić information content (AvgIpc) is 3.05. The molecular weight excluding hydrogens is 444 g/mol. The lowest BCUT2D eigenvalue weighted by molar-refractivity contribution is -0.203. The molecule has 190 valence electrons. The fraction of sp³-hybridized carbons (Fsp3) is 0.960. The van der Waals surface area contributed by atoms with Gasteiger partial charge in [-0.2, -0.15) is 8.42 Å². The van der Waals surface area contributed by atoms with Gasteiger partial charge in [-0.25, -0.2) is 0 Å². The summed E-state index contributed by atoms with van der Waals surface area (Å²) < 4.78 is 34.9. The highest BCUT2D eigenvalue weighted by Gasteiger charge is 2.64. The minimum Gasteiger partial charge on any atom is -0.393 e. The van der Waals surface area contributed by atoms with Gasteiger partial charge in [-0.3, -0.25) is 9.35 Å². The molecule has 0 spiro atoms. The summed E-state index contributed by atoms with van der Waals surface area (Å²) in [4.78, 5) is 12.1. The first-order chi connectivity index (χ1) is 15.3. The summed E-state index contributed by atoms with van der Waals surface area (Å²) in [5.41, 5.74) is 0.129. The molecule has 7 nitrogen and oxygen atoms in total. The van der Waals surface area contributed by atoms with E-state index in [9.17, 15) is 23.4 Å². The Kier molecular flexibility index (Phi) is 6.74. The topological polar surface area (TPSA) is 121 Å². The monoisotopic (exact) mass is 486 g/mol. The van der Waals surface area contributed by atoms with Crippen molar-refractivity contribution in [2.24, 2.45) is 52.3 Å². The van der Waals surface area contributed by atoms with E-state index in [1.165, 1.54) is 0 Å². The van der Waals surface area contributed by atoms with Crippen LogP contribution < -0.4 is 0 Å². The van der Waals surface area contributed by atoms with E-state index in [0.29, 0.717) is 17.8 Å². The van der Waals surface area contributed by atoms with Crippen molar-refractivity contribution in [1.29, 1.82) is 0 Å². The summed E-state index contributed by atoms with van der Waals surface area (Å²) in [5.74, 6) is 0.871. The molecule has 11 atom stereocenters. The number of aliphatic hydroxyl groups is 2. The van der Waals surface area contributed by atoms with Crippen molar-refractivity contribution in [3.05, 3.63) is 0 Å². The molecule has 8 heteroatoms. The second-order valence-corrected chi connectivity index (χ2v) is 13.2. The number of hydrogen-bond donors (Lipinski definition) is 3. The maximum absolute atomic E-state index is 12.1. The van der Waals surface area contributed by atoms with Gasteiger partial charge in [0.2, 0.25) is 0 Å². The Morgan fingerprint density at radius 1 is 1.03 bits per heavy atom. The van der Waals surface area contributed by atoms with E-state index in [4.69, 9.17) is 4.55 Å². The maximum Gasteiger partial charge on any atom is 0.448 e. The van der Waals surface area contributed by atoms with Crippen molar-refractivity contribution in [3.63, 3.8) is 0 Å². The molecule has 0 radical (unpaired) electrons. The minimum absolute atomic E-state index is 0.0183. The lowest BCUT2D eigenvalue weighted by Crippen LogP contribution is -2.62. The van der Waals surface area contributed by atoms with Gasteiger partial charge in [-0.05, 0) is 97.2 Å². The maximum atomic E-state index is 12.1.